The van der Waals surface area contributed by atoms with Gasteiger partial charge in [0.25, 0.3) is 5.56 Å². The van der Waals surface area contributed by atoms with Gasteiger partial charge in [-0.25, -0.2) is 14.3 Å². The van der Waals surface area contributed by atoms with Crippen molar-refractivity contribution in [3.8, 4) is 5.69 Å². The third kappa shape index (κ3) is 3.67. The number of hydrogen-bond donors (Lipinski definition) is 1. The number of nitrogens with zero attached hydrogens (tertiary/aromatic N) is 5. The lowest BCUT2D eigenvalue weighted by atomic mass is 10.1. The standard InChI is InChI=1S/C20H16Cl2N6O2/c1-11-17(20(30)28(25-11)15-6-4-14(21)5-7-15)19(29)18-12(2)27(26-24-18)10-13-3-8-16(22)23-9-13/h3-9,25H,10H2,1-2H3. The zero-order chi connectivity index (χ0) is 21.4. The molecule has 0 aliphatic rings. The Labute approximate surface area is 181 Å². The van der Waals surface area contributed by atoms with Crippen LogP contribution in [0.2, 0.25) is 10.2 Å². The molecule has 30 heavy (non-hydrogen) atoms. The van der Waals surface area contributed by atoms with Gasteiger partial charge in [0.15, 0.2) is 5.69 Å². The highest BCUT2D eigenvalue weighted by Gasteiger charge is 2.25. The van der Waals surface area contributed by atoms with Gasteiger partial charge in [0.05, 0.1) is 17.9 Å². The van der Waals surface area contributed by atoms with Crippen LogP contribution in [0, 0.1) is 13.8 Å². The molecule has 0 aliphatic carbocycles. The van der Waals surface area contributed by atoms with Crippen molar-refractivity contribution < 1.29 is 4.79 Å². The van der Waals surface area contributed by atoms with Crippen molar-refractivity contribution in [3.05, 3.63) is 91.3 Å². The molecular weight excluding hydrogens is 427 g/mol. The molecule has 0 atom stereocenters. The summed E-state index contributed by atoms with van der Waals surface area (Å²) in [5, 5.41) is 12.0. The highest BCUT2D eigenvalue weighted by atomic mass is 35.5. The van der Waals surface area contributed by atoms with Crippen LogP contribution >= 0.6 is 23.2 Å². The molecule has 0 unspecified atom stereocenters. The van der Waals surface area contributed by atoms with E-state index in [0.29, 0.717) is 33.8 Å². The molecule has 3 heterocycles. The van der Waals surface area contributed by atoms with E-state index in [1.807, 2.05) is 6.07 Å². The van der Waals surface area contributed by atoms with Crippen LogP contribution in [-0.2, 0) is 6.54 Å². The molecule has 0 aliphatic heterocycles. The highest BCUT2D eigenvalue weighted by Crippen LogP contribution is 2.16. The predicted octanol–water partition coefficient (Wildman–Crippen LogP) is 3.36. The maximum absolute atomic E-state index is 13.1. The number of rotatable bonds is 5. The van der Waals surface area contributed by atoms with Crippen LogP contribution < -0.4 is 5.56 Å². The lowest BCUT2D eigenvalue weighted by Gasteiger charge is -2.03. The molecule has 0 saturated carbocycles. The number of aryl methyl sites for hydroxylation is 1. The maximum Gasteiger partial charge on any atom is 0.282 e. The molecule has 0 radical (unpaired) electrons. The molecule has 1 N–H and O–H groups in total. The van der Waals surface area contributed by atoms with E-state index < -0.39 is 11.3 Å². The summed E-state index contributed by atoms with van der Waals surface area (Å²) < 4.78 is 2.88. The molecule has 1 aromatic carbocycles. The quantitative estimate of drug-likeness (QED) is 0.377. The van der Waals surface area contributed by atoms with Crippen LogP contribution in [0.3, 0.4) is 0 Å². The van der Waals surface area contributed by atoms with E-state index in [-0.39, 0.29) is 11.3 Å². The van der Waals surface area contributed by atoms with Crippen LogP contribution in [0.4, 0.5) is 0 Å². The van der Waals surface area contributed by atoms with Gasteiger partial charge in [0.1, 0.15) is 10.7 Å². The van der Waals surface area contributed by atoms with Crippen molar-refractivity contribution in [3.63, 3.8) is 0 Å². The van der Waals surface area contributed by atoms with Gasteiger partial charge in [-0.3, -0.25) is 14.7 Å². The molecule has 4 rings (SSSR count). The first kappa shape index (κ1) is 20.1. The van der Waals surface area contributed by atoms with Crippen molar-refractivity contribution in [2.24, 2.45) is 0 Å². The summed E-state index contributed by atoms with van der Waals surface area (Å²) in [5.74, 6) is -0.487. The minimum atomic E-state index is -0.487. The van der Waals surface area contributed by atoms with E-state index in [1.54, 1.807) is 55.1 Å². The number of carbonyl (C=O) groups excluding carboxylic acids is 1. The van der Waals surface area contributed by atoms with E-state index in [2.05, 4.69) is 20.4 Å². The van der Waals surface area contributed by atoms with Crippen LogP contribution in [0.5, 0.6) is 0 Å². The molecule has 0 bridgehead atoms. The Morgan fingerprint density at radius 2 is 1.83 bits per heavy atom. The van der Waals surface area contributed by atoms with Crippen LogP contribution in [0.1, 0.15) is 33.0 Å². The third-order valence-electron chi connectivity index (χ3n) is 4.70. The normalized spacial score (nSPS) is 11.1. The Balaban J connectivity index is 1.67. The van der Waals surface area contributed by atoms with Crippen molar-refractivity contribution in [2.75, 3.05) is 0 Å². The second-order valence-electron chi connectivity index (χ2n) is 6.73. The number of aromatic nitrogens is 6. The zero-order valence-electron chi connectivity index (χ0n) is 16.1. The Morgan fingerprint density at radius 3 is 2.50 bits per heavy atom. The summed E-state index contributed by atoms with van der Waals surface area (Å²) in [6, 6.07) is 10.2. The number of H-pyrrole nitrogens is 1. The number of ketones is 1. The number of nitrogens with one attached hydrogen (secondary N) is 1. The molecule has 0 spiro atoms. The lowest BCUT2D eigenvalue weighted by Crippen LogP contribution is -2.21. The fourth-order valence-corrected chi connectivity index (χ4v) is 3.34. The monoisotopic (exact) mass is 442 g/mol. The molecule has 0 saturated heterocycles. The van der Waals surface area contributed by atoms with Gasteiger partial charge < -0.3 is 0 Å². The fourth-order valence-electron chi connectivity index (χ4n) is 3.10. The smallest absolute Gasteiger partial charge is 0.282 e. The van der Waals surface area contributed by atoms with Crippen LogP contribution in [0.15, 0.2) is 47.4 Å². The first-order valence-electron chi connectivity index (χ1n) is 8.98. The molecule has 3 aromatic heterocycles. The number of benzene rings is 1. The topological polar surface area (TPSA) is 98.5 Å². The van der Waals surface area contributed by atoms with E-state index in [9.17, 15) is 9.59 Å². The molecule has 8 nitrogen and oxygen atoms in total. The number of carbonyl (C=O) groups is 1. The minimum Gasteiger partial charge on any atom is -0.295 e. The van der Waals surface area contributed by atoms with E-state index in [1.165, 1.54) is 4.68 Å². The summed E-state index contributed by atoms with van der Waals surface area (Å²) in [6.07, 6.45) is 1.63. The predicted molar refractivity (Wildman–Crippen MR) is 113 cm³/mol. The summed E-state index contributed by atoms with van der Waals surface area (Å²) >= 11 is 11.7. The van der Waals surface area contributed by atoms with Crippen LogP contribution in [-0.4, -0.2) is 35.5 Å². The van der Waals surface area contributed by atoms with E-state index >= 15 is 0 Å². The number of hydrogen-bond acceptors (Lipinski definition) is 5. The summed E-state index contributed by atoms with van der Waals surface area (Å²) in [4.78, 5) is 30.1. The SMILES string of the molecule is Cc1[nH]n(-c2ccc(Cl)cc2)c(=O)c1C(=O)c1nnn(Cc2ccc(Cl)nc2)c1C. The number of aromatic amines is 1. The van der Waals surface area contributed by atoms with Gasteiger partial charge in [0.2, 0.25) is 5.78 Å². The Morgan fingerprint density at radius 1 is 1.10 bits per heavy atom. The molecule has 0 fully saturated rings. The van der Waals surface area contributed by atoms with Gasteiger partial charge in [-0.15, -0.1) is 5.10 Å². The maximum atomic E-state index is 13.1. The third-order valence-corrected chi connectivity index (χ3v) is 5.18. The summed E-state index contributed by atoms with van der Waals surface area (Å²) in [7, 11) is 0. The van der Waals surface area contributed by atoms with Crippen LogP contribution in [0.25, 0.3) is 5.69 Å². The van der Waals surface area contributed by atoms with E-state index in [4.69, 9.17) is 23.2 Å². The molecular formula is C20H16Cl2N6O2. The Hall–Kier alpha value is -3.23. The second-order valence-corrected chi connectivity index (χ2v) is 7.55. The molecule has 10 heteroatoms. The minimum absolute atomic E-state index is 0.0215. The van der Waals surface area contributed by atoms with Gasteiger partial charge in [0, 0.05) is 16.9 Å². The molecule has 152 valence electrons. The van der Waals surface area contributed by atoms with Crippen molar-refractivity contribution in [1.82, 2.24) is 29.8 Å². The van der Waals surface area contributed by atoms with Crippen molar-refractivity contribution in [1.29, 1.82) is 0 Å². The largest absolute Gasteiger partial charge is 0.295 e. The van der Waals surface area contributed by atoms with E-state index in [0.717, 1.165) is 5.56 Å². The average Bonchev–Trinajstić information content (AvgIpc) is 3.23. The van der Waals surface area contributed by atoms with Gasteiger partial charge in [-0.1, -0.05) is 34.5 Å². The average molecular weight is 443 g/mol. The summed E-state index contributed by atoms with van der Waals surface area (Å²) in [6.45, 7) is 3.77. The Bertz CT molecular complexity index is 1290. The van der Waals surface area contributed by atoms with Gasteiger partial charge in [-0.05, 0) is 49.7 Å². The Kier molecular flexibility index (Phi) is 5.27. The number of halogens is 2. The highest BCUT2D eigenvalue weighted by molar-refractivity contribution is 6.30. The van der Waals surface area contributed by atoms with Gasteiger partial charge >= 0.3 is 0 Å². The van der Waals surface area contributed by atoms with Crippen molar-refractivity contribution in [2.45, 2.75) is 20.4 Å². The van der Waals surface area contributed by atoms with Crippen molar-refractivity contribution >= 4 is 29.0 Å². The first-order valence-corrected chi connectivity index (χ1v) is 9.73. The zero-order valence-corrected chi connectivity index (χ0v) is 17.6. The summed E-state index contributed by atoms with van der Waals surface area (Å²) in [5.41, 5.74) is 2.10. The second kappa shape index (κ2) is 7.89. The number of pyridine rings is 1. The first-order chi connectivity index (χ1) is 14.3. The fraction of sp³-hybridized carbons (Fsp3) is 0.150. The molecule has 4 aromatic rings. The molecule has 0 amide bonds. The van der Waals surface area contributed by atoms with Gasteiger partial charge in [-0.2, -0.15) is 0 Å². The lowest BCUT2D eigenvalue weighted by molar-refractivity contribution is 0.103.